The molecule has 3 amide bonds. The molecule has 4 aromatic rings. The zero-order valence-corrected chi connectivity index (χ0v) is 27.2. The molecule has 0 aliphatic rings. The van der Waals surface area contributed by atoms with Gasteiger partial charge >= 0.3 is 18.3 Å². The van der Waals surface area contributed by atoms with Crippen molar-refractivity contribution in [3.05, 3.63) is 84.6 Å². The molecule has 1 heterocycles. The van der Waals surface area contributed by atoms with E-state index in [0.29, 0.717) is 28.3 Å². The molecule has 0 bridgehead atoms. The Labute approximate surface area is 275 Å². The lowest BCUT2D eigenvalue weighted by Gasteiger charge is -2.20. The second-order valence-corrected chi connectivity index (χ2v) is 12.8. The second-order valence-electron chi connectivity index (χ2n) is 10.5. The Bertz CT molecular complexity index is 1900. The van der Waals surface area contributed by atoms with Crippen LogP contribution in [-0.4, -0.2) is 64.0 Å². The molecule has 1 aromatic heterocycles. The molecule has 0 radical (unpaired) electrons. The number of nitrogens with zero attached hydrogens (tertiary/aromatic N) is 4. The number of carbonyl (C=O) groups is 2. The first-order valence-corrected chi connectivity index (χ1v) is 16.5. The van der Waals surface area contributed by atoms with Crippen LogP contribution in [-0.2, 0) is 20.6 Å². The van der Waals surface area contributed by atoms with Crippen molar-refractivity contribution in [2.45, 2.75) is 31.0 Å². The fourth-order valence-corrected chi connectivity index (χ4v) is 5.39. The maximum Gasteiger partial charge on any atom is 0.442 e. The third-order valence-electron chi connectivity index (χ3n) is 6.80. The number of hydrogen-bond acceptors (Lipinski definition) is 9. The van der Waals surface area contributed by atoms with Gasteiger partial charge in [-0.1, -0.05) is 24.3 Å². The summed E-state index contributed by atoms with van der Waals surface area (Å²) in [5.41, 5.74) is 1.30. The summed E-state index contributed by atoms with van der Waals surface area (Å²) in [5, 5.41) is 18.5. The minimum Gasteiger partial charge on any atom is -0.448 e. The lowest BCUT2D eigenvalue weighted by Crippen LogP contribution is -2.31. The molecule has 3 aromatic carbocycles. The van der Waals surface area contributed by atoms with E-state index in [-0.39, 0.29) is 35.8 Å². The van der Waals surface area contributed by atoms with Crippen LogP contribution in [0.25, 0.3) is 11.1 Å². The van der Waals surface area contributed by atoms with Crippen molar-refractivity contribution in [2.24, 2.45) is 4.36 Å². The first-order chi connectivity index (χ1) is 22.7. The van der Waals surface area contributed by atoms with Gasteiger partial charge in [-0.15, -0.1) is 4.36 Å². The molecular formula is C32H34F3N7O5S. The summed E-state index contributed by atoms with van der Waals surface area (Å²) in [5.74, 6) is 0.554. The van der Waals surface area contributed by atoms with Crippen LogP contribution in [0.1, 0.15) is 19.4 Å². The van der Waals surface area contributed by atoms with E-state index in [9.17, 15) is 32.1 Å². The molecule has 48 heavy (non-hydrogen) atoms. The highest BCUT2D eigenvalue weighted by atomic mass is 32.2. The van der Waals surface area contributed by atoms with Crippen LogP contribution >= 0.6 is 0 Å². The molecule has 0 spiro atoms. The molecule has 4 N–H and O–H groups in total. The fourth-order valence-electron chi connectivity index (χ4n) is 4.27. The molecule has 2 atom stereocenters. The van der Waals surface area contributed by atoms with Crippen molar-refractivity contribution in [1.29, 1.82) is 0 Å². The number of nitrogens with one attached hydrogen (secondary N) is 3. The normalized spacial score (nSPS) is 13.1. The number of aliphatic hydroxyl groups excluding tert-OH is 1. The van der Waals surface area contributed by atoms with Gasteiger partial charge in [0.25, 0.3) is 0 Å². The summed E-state index contributed by atoms with van der Waals surface area (Å²) in [6, 6.07) is 16.5. The second kappa shape index (κ2) is 15.1. The van der Waals surface area contributed by atoms with Crippen LogP contribution in [0.3, 0.4) is 0 Å². The van der Waals surface area contributed by atoms with Gasteiger partial charge in [-0.25, -0.2) is 18.8 Å². The lowest BCUT2D eigenvalue weighted by molar-refractivity contribution is -0.137. The standard InChI is InChI=1S/C32H34F3N7O5S/c1-5-47-31(45)41-48(4,46)26-11-7-9-24(17-26)38-29-36-18-27(28(40-29)37-20(2)19-43)21-12-14-23(15-13-21)39-30(44)42(3)25-10-6-8-22(16-25)32(33,34)35/h6-18,20,43H,5,19H2,1-4H3,(H,39,44)(H2,36,37,38,40). The number of alkyl halides is 3. The topological polar surface area (TPSA) is 158 Å². The Morgan fingerprint density at radius 2 is 1.77 bits per heavy atom. The van der Waals surface area contributed by atoms with E-state index in [0.717, 1.165) is 17.0 Å². The monoisotopic (exact) mass is 685 g/mol. The Morgan fingerprint density at radius 1 is 1.06 bits per heavy atom. The number of aromatic nitrogens is 2. The number of rotatable bonds is 10. The van der Waals surface area contributed by atoms with E-state index < -0.39 is 33.6 Å². The smallest absolute Gasteiger partial charge is 0.442 e. The Balaban J connectivity index is 1.54. The summed E-state index contributed by atoms with van der Waals surface area (Å²) in [6.45, 7) is 3.29. The van der Waals surface area contributed by atoms with Crippen LogP contribution in [0.15, 0.2) is 88.3 Å². The third kappa shape index (κ3) is 9.19. The number of halogens is 3. The van der Waals surface area contributed by atoms with Gasteiger partial charge in [0.05, 0.1) is 28.5 Å². The molecular weight excluding hydrogens is 651 g/mol. The van der Waals surface area contributed by atoms with E-state index in [1.807, 2.05) is 0 Å². The summed E-state index contributed by atoms with van der Waals surface area (Å²) < 4.78 is 61.0. The van der Waals surface area contributed by atoms with E-state index in [2.05, 4.69) is 30.3 Å². The molecule has 0 aliphatic carbocycles. The van der Waals surface area contributed by atoms with Gasteiger partial charge in [0.1, 0.15) is 5.82 Å². The summed E-state index contributed by atoms with van der Waals surface area (Å²) in [6.07, 6.45) is -2.58. The highest BCUT2D eigenvalue weighted by Crippen LogP contribution is 2.32. The number of urea groups is 1. The number of carbonyl (C=O) groups excluding carboxylic acids is 2. The molecule has 4 rings (SSSR count). The minimum atomic E-state index is -4.54. The predicted octanol–water partition coefficient (Wildman–Crippen LogP) is 6.98. The van der Waals surface area contributed by atoms with Crippen molar-refractivity contribution in [1.82, 2.24) is 9.97 Å². The predicted molar refractivity (Wildman–Crippen MR) is 178 cm³/mol. The first kappa shape index (κ1) is 35.6. The molecule has 12 nitrogen and oxygen atoms in total. The van der Waals surface area contributed by atoms with Gasteiger partial charge in [-0.2, -0.15) is 18.2 Å². The van der Waals surface area contributed by atoms with E-state index in [1.54, 1.807) is 68.6 Å². The number of hydrogen-bond donors (Lipinski definition) is 4. The van der Waals surface area contributed by atoms with Gasteiger partial charge in [-0.3, -0.25) is 4.90 Å². The number of amides is 3. The Morgan fingerprint density at radius 3 is 2.44 bits per heavy atom. The SMILES string of the molecule is CCOC(=O)N=S(C)(=O)c1cccc(Nc2ncc(-c3ccc(NC(=O)N(C)c4cccc(C(F)(F)F)c4)cc3)c(NC(C)CO)n2)c1. The largest absolute Gasteiger partial charge is 0.448 e. The molecule has 254 valence electrons. The van der Waals surface area contributed by atoms with Crippen LogP contribution < -0.4 is 20.9 Å². The first-order valence-electron chi connectivity index (χ1n) is 14.5. The number of ether oxygens (including phenoxy) is 1. The highest BCUT2D eigenvalue weighted by molar-refractivity contribution is 7.93. The van der Waals surface area contributed by atoms with Crippen molar-refractivity contribution in [2.75, 3.05) is 47.4 Å². The maximum atomic E-state index is 13.1. The van der Waals surface area contributed by atoms with Crippen molar-refractivity contribution >= 4 is 50.7 Å². The molecule has 16 heteroatoms. The van der Waals surface area contributed by atoms with Gasteiger partial charge in [0, 0.05) is 53.1 Å². The van der Waals surface area contributed by atoms with Crippen LogP contribution in [0.5, 0.6) is 0 Å². The van der Waals surface area contributed by atoms with Gasteiger partial charge in [0.2, 0.25) is 5.95 Å². The highest BCUT2D eigenvalue weighted by Gasteiger charge is 2.31. The quantitative estimate of drug-likeness (QED) is 0.138. The van der Waals surface area contributed by atoms with Crippen LogP contribution in [0, 0.1) is 0 Å². The van der Waals surface area contributed by atoms with Crippen LogP contribution in [0.4, 0.5) is 51.6 Å². The molecule has 0 saturated carbocycles. The average molecular weight is 686 g/mol. The fraction of sp³-hybridized carbons (Fsp3) is 0.250. The van der Waals surface area contributed by atoms with Gasteiger partial charge in [0.15, 0.2) is 0 Å². The zero-order chi connectivity index (χ0) is 35.1. The van der Waals surface area contributed by atoms with Crippen molar-refractivity contribution < 1.29 is 36.8 Å². The van der Waals surface area contributed by atoms with Crippen molar-refractivity contribution in [3.8, 4) is 11.1 Å². The lowest BCUT2D eigenvalue weighted by atomic mass is 10.1. The summed E-state index contributed by atoms with van der Waals surface area (Å²) >= 11 is 0. The third-order valence-corrected chi connectivity index (χ3v) is 8.43. The number of aliphatic hydroxyl groups is 1. The van der Waals surface area contributed by atoms with Crippen LogP contribution in [0.2, 0.25) is 0 Å². The maximum absolute atomic E-state index is 13.1. The number of benzene rings is 3. The Hall–Kier alpha value is -5.22. The van der Waals surface area contributed by atoms with E-state index in [1.165, 1.54) is 25.4 Å². The van der Waals surface area contributed by atoms with Crippen molar-refractivity contribution in [3.63, 3.8) is 0 Å². The Kier molecular flexibility index (Phi) is 11.2. The molecule has 2 unspecified atom stereocenters. The average Bonchev–Trinajstić information content (AvgIpc) is 3.04. The number of anilines is 5. The summed E-state index contributed by atoms with van der Waals surface area (Å²) in [7, 11) is -1.73. The minimum absolute atomic E-state index is 0.0696. The van der Waals surface area contributed by atoms with E-state index in [4.69, 9.17) is 4.74 Å². The van der Waals surface area contributed by atoms with Gasteiger partial charge < -0.3 is 25.8 Å². The molecule has 0 aliphatic heterocycles. The zero-order valence-electron chi connectivity index (χ0n) is 26.4. The molecule has 0 fully saturated rings. The van der Waals surface area contributed by atoms with E-state index >= 15 is 0 Å². The van der Waals surface area contributed by atoms with Gasteiger partial charge in [-0.05, 0) is 67.9 Å². The summed E-state index contributed by atoms with van der Waals surface area (Å²) in [4.78, 5) is 35.0. The molecule has 0 saturated heterocycles.